The van der Waals surface area contributed by atoms with Crippen molar-refractivity contribution in [2.45, 2.75) is 32.4 Å². The van der Waals surface area contributed by atoms with Crippen molar-refractivity contribution in [2.75, 3.05) is 20.3 Å². The molecule has 25 heavy (non-hydrogen) atoms. The second-order valence-electron chi connectivity index (χ2n) is 7.21. The molecule has 1 aliphatic rings. The Morgan fingerprint density at radius 2 is 2.04 bits per heavy atom. The summed E-state index contributed by atoms with van der Waals surface area (Å²) in [4.78, 5) is 18.0. The highest BCUT2D eigenvalue weighted by Crippen LogP contribution is 2.37. The Balaban J connectivity index is 1.85. The van der Waals surface area contributed by atoms with Crippen LogP contribution in [0.15, 0.2) is 24.5 Å². The number of ether oxygens (including phenoxy) is 1. The van der Waals surface area contributed by atoms with Gasteiger partial charge in [0.15, 0.2) is 0 Å². The molecular formula is C16H21N5O3S. The summed E-state index contributed by atoms with van der Waals surface area (Å²) in [6, 6.07) is 3.12. The van der Waals surface area contributed by atoms with Crippen LogP contribution in [0.4, 0.5) is 5.13 Å². The van der Waals surface area contributed by atoms with Gasteiger partial charge in [-0.15, -0.1) is 5.10 Å². The van der Waals surface area contributed by atoms with E-state index in [2.05, 4.69) is 15.2 Å². The number of likely N-dealkylation sites (N-methyl/N-ethyl adjacent to an activating group) is 1. The van der Waals surface area contributed by atoms with E-state index in [1.807, 2.05) is 32.7 Å². The van der Waals surface area contributed by atoms with Gasteiger partial charge in [-0.25, -0.2) is 9.69 Å². The Morgan fingerprint density at radius 3 is 2.64 bits per heavy atom. The van der Waals surface area contributed by atoms with Crippen LogP contribution in [-0.4, -0.2) is 52.5 Å². The molecule has 0 aromatic carbocycles. The standard InChI is InChI=1S/C16H21N5O3S/c1-16(2,3)14-18-19-15(25-14)21(23)10-20(4)9-12(21)24-13(22)11-5-7-17-8-6-11/h5-8,12H,9-10H2,1-4H3. The van der Waals surface area contributed by atoms with Gasteiger partial charge in [0, 0.05) is 17.8 Å². The number of esters is 1. The molecule has 1 fully saturated rings. The van der Waals surface area contributed by atoms with Gasteiger partial charge in [-0.3, -0.25) is 9.63 Å². The zero-order chi connectivity index (χ0) is 18.2. The summed E-state index contributed by atoms with van der Waals surface area (Å²) >= 11 is 1.27. The van der Waals surface area contributed by atoms with Crippen molar-refractivity contribution in [3.05, 3.63) is 40.3 Å². The number of carbonyl (C=O) groups is 1. The third-order valence-electron chi connectivity index (χ3n) is 3.92. The first-order valence-corrected chi connectivity index (χ1v) is 8.74. The zero-order valence-electron chi connectivity index (χ0n) is 14.7. The fourth-order valence-corrected chi connectivity index (χ4v) is 3.54. The van der Waals surface area contributed by atoms with E-state index in [0.29, 0.717) is 17.2 Å². The van der Waals surface area contributed by atoms with Crippen LogP contribution in [0.25, 0.3) is 0 Å². The molecule has 2 aromatic rings. The highest BCUT2D eigenvalue weighted by molar-refractivity contribution is 7.15. The second-order valence-corrected chi connectivity index (χ2v) is 8.17. The molecule has 0 spiro atoms. The highest BCUT2D eigenvalue weighted by atomic mass is 32.1. The first-order chi connectivity index (χ1) is 11.7. The number of hydrogen-bond donors (Lipinski definition) is 0. The molecule has 0 N–H and O–H groups in total. The van der Waals surface area contributed by atoms with E-state index in [-0.39, 0.29) is 12.1 Å². The molecule has 3 heterocycles. The van der Waals surface area contributed by atoms with Crippen molar-refractivity contribution in [3.8, 4) is 0 Å². The zero-order valence-corrected chi connectivity index (χ0v) is 15.5. The third kappa shape index (κ3) is 3.54. The normalized spacial score (nSPS) is 24.4. The van der Waals surface area contributed by atoms with Crippen molar-refractivity contribution >= 4 is 22.4 Å². The highest BCUT2D eigenvalue weighted by Gasteiger charge is 2.45. The molecule has 3 rings (SSSR count). The van der Waals surface area contributed by atoms with Crippen LogP contribution in [-0.2, 0) is 10.2 Å². The quantitative estimate of drug-likeness (QED) is 0.468. The molecule has 8 nitrogen and oxygen atoms in total. The number of pyridine rings is 1. The van der Waals surface area contributed by atoms with Crippen LogP contribution in [0.1, 0.15) is 36.1 Å². The van der Waals surface area contributed by atoms with E-state index in [0.717, 1.165) is 5.01 Å². The van der Waals surface area contributed by atoms with E-state index in [1.165, 1.54) is 23.7 Å². The van der Waals surface area contributed by atoms with Gasteiger partial charge in [0.25, 0.3) is 6.23 Å². The predicted octanol–water partition coefficient (Wildman–Crippen LogP) is 2.12. The van der Waals surface area contributed by atoms with Crippen LogP contribution >= 0.6 is 11.3 Å². The van der Waals surface area contributed by atoms with Crippen molar-refractivity contribution in [1.82, 2.24) is 24.7 Å². The first-order valence-electron chi connectivity index (χ1n) is 7.93. The molecule has 2 unspecified atom stereocenters. The van der Waals surface area contributed by atoms with Crippen LogP contribution in [0.3, 0.4) is 0 Å². The number of hydroxylamine groups is 2. The molecule has 1 aliphatic heterocycles. The molecule has 9 heteroatoms. The molecule has 2 atom stereocenters. The van der Waals surface area contributed by atoms with Crippen molar-refractivity contribution in [1.29, 1.82) is 0 Å². The van der Waals surface area contributed by atoms with Gasteiger partial charge in [0.2, 0.25) is 0 Å². The predicted molar refractivity (Wildman–Crippen MR) is 94.7 cm³/mol. The lowest BCUT2D eigenvalue weighted by Gasteiger charge is -2.38. The number of hydrogen-bond acceptors (Lipinski definition) is 8. The van der Waals surface area contributed by atoms with Gasteiger partial charge in [-0.1, -0.05) is 25.9 Å². The van der Waals surface area contributed by atoms with E-state index < -0.39 is 16.8 Å². The SMILES string of the molecule is CN1CC(OC(=O)c2ccncc2)[N+]([O-])(c2nnc(C(C)(C)C)s2)C1. The molecule has 1 saturated heterocycles. The first kappa shape index (κ1) is 17.9. The van der Waals surface area contributed by atoms with Crippen molar-refractivity contribution in [3.63, 3.8) is 0 Å². The summed E-state index contributed by atoms with van der Waals surface area (Å²) in [5.41, 5.74) is 0.174. The summed E-state index contributed by atoms with van der Waals surface area (Å²) in [5, 5.41) is 22.8. The lowest BCUT2D eigenvalue weighted by molar-refractivity contribution is 0.00558. The van der Waals surface area contributed by atoms with Crippen LogP contribution in [0.2, 0.25) is 0 Å². The summed E-state index contributed by atoms with van der Waals surface area (Å²) in [5.74, 6) is -0.540. The average molecular weight is 363 g/mol. The van der Waals surface area contributed by atoms with Crippen molar-refractivity contribution in [2.24, 2.45) is 0 Å². The second kappa shape index (κ2) is 6.41. The molecule has 0 radical (unpaired) electrons. The van der Waals surface area contributed by atoms with E-state index >= 15 is 0 Å². The van der Waals surface area contributed by atoms with Crippen molar-refractivity contribution < 1.29 is 9.53 Å². The van der Waals surface area contributed by atoms with Gasteiger partial charge in [-0.05, 0) is 30.5 Å². The van der Waals surface area contributed by atoms with E-state index in [1.54, 1.807) is 12.1 Å². The summed E-state index contributed by atoms with van der Waals surface area (Å²) in [7, 11) is 1.82. The largest absolute Gasteiger partial charge is 0.622 e. The Morgan fingerprint density at radius 1 is 1.36 bits per heavy atom. The fourth-order valence-electron chi connectivity index (χ4n) is 2.56. The number of rotatable bonds is 3. The van der Waals surface area contributed by atoms with E-state index in [9.17, 15) is 10.0 Å². The van der Waals surface area contributed by atoms with E-state index in [4.69, 9.17) is 4.74 Å². The molecule has 0 saturated carbocycles. The summed E-state index contributed by atoms with van der Waals surface area (Å²) in [6.07, 6.45) is 2.14. The Labute approximate surface area is 150 Å². The molecule has 0 bridgehead atoms. The van der Waals surface area contributed by atoms with Gasteiger partial charge < -0.3 is 9.94 Å². The molecule has 134 valence electrons. The number of nitrogens with zero attached hydrogens (tertiary/aromatic N) is 5. The molecule has 0 aliphatic carbocycles. The Kier molecular flexibility index (Phi) is 4.58. The Hall–Kier alpha value is -1.94. The number of carbonyl (C=O) groups excluding carboxylic acids is 1. The van der Waals surface area contributed by atoms with Gasteiger partial charge >= 0.3 is 11.1 Å². The minimum atomic E-state index is -0.883. The van der Waals surface area contributed by atoms with Crippen LogP contribution in [0.5, 0.6) is 0 Å². The minimum Gasteiger partial charge on any atom is -0.622 e. The monoisotopic (exact) mass is 363 g/mol. The van der Waals surface area contributed by atoms with Gasteiger partial charge in [0.05, 0.1) is 12.1 Å². The summed E-state index contributed by atoms with van der Waals surface area (Å²) < 4.78 is 4.69. The summed E-state index contributed by atoms with van der Waals surface area (Å²) in [6.45, 7) is 6.55. The average Bonchev–Trinajstić information content (AvgIpc) is 3.14. The fraction of sp³-hybridized carbons (Fsp3) is 0.500. The lowest BCUT2D eigenvalue weighted by Crippen LogP contribution is -2.50. The lowest BCUT2D eigenvalue weighted by atomic mass is 9.98. The third-order valence-corrected chi connectivity index (χ3v) is 5.38. The smallest absolute Gasteiger partial charge is 0.342 e. The number of quaternary nitrogens is 1. The number of aromatic nitrogens is 3. The topological polar surface area (TPSA) is 91.3 Å². The molecular weight excluding hydrogens is 342 g/mol. The maximum atomic E-state index is 13.5. The van der Waals surface area contributed by atoms with Crippen LogP contribution in [0, 0.1) is 5.21 Å². The van der Waals surface area contributed by atoms with Crippen LogP contribution < -0.4 is 4.65 Å². The maximum Gasteiger partial charge on any atom is 0.342 e. The molecule has 0 amide bonds. The Bertz CT molecular complexity index is 761. The van der Waals surface area contributed by atoms with Gasteiger partial charge in [-0.2, -0.15) is 0 Å². The van der Waals surface area contributed by atoms with Gasteiger partial charge in [0.1, 0.15) is 11.7 Å². The molecule has 2 aromatic heterocycles. The maximum absolute atomic E-state index is 13.5. The minimum absolute atomic E-state index is 0.160.